The highest BCUT2D eigenvalue weighted by Gasteiger charge is 2.36. The zero-order valence-corrected chi connectivity index (χ0v) is 13.0. The van der Waals surface area contributed by atoms with Crippen molar-refractivity contribution in [3.05, 3.63) is 45.6 Å². The third kappa shape index (κ3) is 3.40. The van der Waals surface area contributed by atoms with E-state index in [2.05, 4.69) is 15.4 Å². The standard InChI is InChI=1S/C15H15N3O6/c1-8-13(15(21)24-2)9(7-12(19)16-8)14(20)17-10-5-3-4-6-11(10)18(22)23/h3-6,9H,7H2,1-2H3,(H,16,19)(H,17,20)/t9-/m0/s1. The Balaban J connectivity index is 2.34. The number of nitrogens with one attached hydrogen (secondary N) is 2. The molecule has 0 bridgehead atoms. The number of anilines is 1. The highest BCUT2D eigenvalue weighted by Crippen LogP contribution is 2.28. The van der Waals surface area contributed by atoms with Gasteiger partial charge in [-0.25, -0.2) is 4.79 Å². The molecule has 2 N–H and O–H groups in total. The molecule has 0 aliphatic carbocycles. The van der Waals surface area contributed by atoms with Crippen molar-refractivity contribution in [1.29, 1.82) is 0 Å². The molecule has 0 radical (unpaired) electrons. The first-order valence-electron chi connectivity index (χ1n) is 6.98. The number of carbonyl (C=O) groups is 3. The van der Waals surface area contributed by atoms with E-state index < -0.39 is 28.6 Å². The number of amides is 2. The topological polar surface area (TPSA) is 128 Å². The first kappa shape index (κ1) is 17.1. The number of ether oxygens (including phenoxy) is 1. The minimum Gasteiger partial charge on any atom is -0.466 e. The number of esters is 1. The number of hydrogen-bond donors (Lipinski definition) is 2. The number of nitro benzene ring substituents is 1. The Morgan fingerprint density at radius 1 is 1.38 bits per heavy atom. The smallest absolute Gasteiger partial charge is 0.336 e. The van der Waals surface area contributed by atoms with Gasteiger partial charge in [0.25, 0.3) is 5.69 Å². The number of allylic oxidation sites excluding steroid dienone is 1. The Morgan fingerprint density at radius 3 is 2.67 bits per heavy atom. The summed E-state index contributed by atoms with van der Waals surface area (Å²) in [4.78, 5) is 46.5. The van der Waals surface area contributed by atoms with Gasteiger partial charge in [-0.2, -0.15) is 0 Å². The predicted octanol–water partition coefficient (Wildman–Crippen LogP) is 1.12. The fourth-order valence-electron chi connectivity index (χ4n) is 2.46. The van der Waals surface area contributed by atoms with E-state index in [0.29, 0.717) is 0 Å². The van der Waals surface area contributed by atoms with E-state index in [-0.39, 0.29) is 29.1 Å². The van der Waals surface area contributed by atoms with Crippen molar-refractivity contribution in [1.82, 2.24) is 5.32 Å². The maximum atomic E-state index is 12.5. The number of rotatable bonds is 4. The van der Waals surface area contributed by atoms with Crippen LogP contribution in [0.4, 0.5) is 11.4 Å². The summed E-state index contributed by atoms with van der Waals surface area (Å²) in [7, 11) is 1.16. The molecule has 9 heteroatoms. The predicted molar refractivity (Wildman–Crippen MR) is 82.7 cm³/mol. The van der Waals surface area contributed by atoms with Crippen LogP contribution in [0.15, 0.2) is 35.5 Å². The van der Waals surface area contributed by atoms with E-state index in [1.807, 2.05) is 0 Å². The summed E-state index contributed by atoms with van der Waals surface area (Å²) in [6, 6.07) is 5.60. The Kier molecular flexibility index (Phi) is 4.93. The molecular weight excluding hydrogens is 318 g/mol. The summed E-state index contributed by atoms with van der Waals surface area (Å²) >= 11 is 0. The molecular formula is C15H15N3O6. The van der Waals surface area contributed by atoms with Crippen molar-refractivity contribution in [2.45, 2.75) is 13.3 Å². The lowest BCUT2D eigenvalue weighted by atomic mass is 9.89. The number of benzene rings is 1. The van der Waals surface area contributed by atoms with Gasteiger partial charge in [0.15, 0.2) is 0 Å². The van der Waals surface area contributed by atoms with Crippen LogP contribution < -0.4 is 10.6 Å². The normalized spacial score (nSPS) is 17.1. The van der Waals surface area contributed by atoms with E-state index in [1.54, 1.807) is 0 Å². The molecule has 0 fully saturated rings. The van der Waals surface area contributed by atoms with E-state index >= 15 is 0 Å². The monoisotopic (exact) mass is 333 g/mol. The van der Waals surface area contributed by atoms with Gasteiger partial charge in [-0.05, 0) is 13.0 Å². The third-order valence-corrected chi connectivity index (χ3v) is 3.55. The molecule has 1 aliphatic heterocycles. The maximum absolute atomic E-state index is 12.5. The Morgan fingerprint density at radius 2 is 2.04 bits per heavy atom. The number of nitrogens with zero attached hydrogens (tertiary/aromatic N) is 1. The first-order chi connectivity index (χ1) is 11.3. The first-order valence-corrected chi connectivity index (χ1v) is 6.98. The second kappa shape index (κ2) is 6.90. The quantitative estimate of drug-likeness (QED) is 0.483. The van der Waals surface area contributed by atoms with Crippen LogP contribution >= 0.6 is 0 Å². The van der Waals surface area contributed by atoms with Crippen LogP contribution in [0.1, 0.15) is 13.3 Å². The molecule has 1 heterocycles. The molecule has 24 heavy (non-hydrogen) atoms. The van der Waals surface area contributed by atoms with Gasteiger partial charge in [0.05, 0.1) is 23.5 Å². The third-order valence-electron chi connectivity index (χ3n) is 3.55. The maximum Gasteiger partial charge on any atom is 0.336 e. The molecule has 2 rings (SSSR count). The lowest BCUT2D eigenvalue weighted by Crippen LogP contribution is -2.40. The summed E-state index contributed by atoms with van der Waals surface area (Å²) < 4.78 is 4.65. The molecule has 9 nitrogen and oxygen atoms in total. The fourth-order valence-corrected chi connectivity index (χ4v) is 2.46. The fraction of sp³-hybridized carbons (Fsp3) is 0.267. The van der Waals surface area contributed by atoms with Crippen LogP contribution in [0, 0.1) is 16.0 Å². The van der Waals surface area contributed by atoms with Crippen molar-refractivity contribution in [3.63, 3.8) is 0 Å². The van der Waals surface area contributed by atoms with E-state index in [1.165, 1.54) is 31.2 Å². The van der Waals surface area contributed by atoms with Crippen LogP contribution in [0.2, 0.25) is 0 Å². The number of hydrogen-bond acceptors (Lipinski definition) is 6. The molecule has 1 atom stereocenters. The molecule has 0 unspecified atom stereocenters. The number of methoxy groups -OCH3 is 1. The van der Waals surface area contributed by atoms with Gasteiger partial charge in [-0.3, -0.25) is 19.7 Å². The Bertz CT molecular complexity index is 755. The SMILES string of the molecule is COC(=O)C1=C(C)NC(=O)C[C@@H]1C(=O)Nc1ccccc1[N+](=O)[O-]. The molecule has 0 saturated heterocycles. The van der Waals surface area contributed by atoms with Gasteiger partial charge < -0.3 is 15.4 Å². The largest absolute Gasteiger partial charge is 0.466 e. The van der Waals surface area contributed by atoms with Crippen molar-refractivity contribution in [2.75, 3.05) is 12.4 Å². The molecule has 0 aromatic heterocycles. The molecule has 0 spiro atoms. The van der Waals surface area contributed by atoms with Crippen molar-refractivity contribution >= 4 is 29.2 Å². The number of carbonyl (C=O) groups excluding carboxylic acids is 3. The van der Waals surface area contributed by atoms with E-state index in [0.717, 1.165) is 7.11 Å². The number of para-hydroxylation sites is 2. The highest BCUT2D eigenvalue weighted by molar-refractivity contribution is 6.06. The summed E-state index contributed by atoms with van der Waals surface area (Å²) in [6.45, 7) is 1.48. The van der Waals surface area contributed by atoms with Crippen LogP contribution in [0.25, 0.3) is 0 Å². The van der Waals surface area contributed by atoms with E-state index in [9.17, 15) is 24.5 Å². The lowest BCUT2D eigenvalue weighted by molar-refractivity contribution is -0.383. The molecule has 1 aromatic carbocycles. The second-order valence-electron chi connectivity index (χ2n) is 5.10. The van der Waals surface area contributed by atoms with Gasteiger partial charge in [0.1, 0.15) is 5.69 Å². The van der Waals surface area contributed by atoms with E-state index in [4.69, 9.17) is 0 Å². The summed E-state index contributed by atoms with van der Waals surface area (Å²) in [6.07, 6.45) is -0.256. The molecule has 0 saturated carbocycles. The average Bonchev–Trinajstić information content (AvgIpc) is 2.53. The molecule has 126 valence electrons. The second-order valence-corrected chi connectivity index (χ2v) is 5.10. The van der Waals surface area contributed by atoms with Crippen molar-refractivity contribution < 1.29 is 24.0 Å². The zero-order chi connectivity index (χ0) is 17.9. The van der Waals surface area contributed by atoms with Crippen LogP contribution in [-0.2, 0) is 19.1 Å². The van der Waals surface area contributed by atoms with Crippen LogP contribution in [-0.4, -0.2) is 29.8 Å². The summed E-state index contributed by atoms with van der Waals surface area (Å²) in [5.74, 6) is -2.96. The molecule has 2 amide bonds. The van der Waals surface area contributed by atoms with Gasteiger partial charge in [0.2, 0.25) is 11.8 Å². The van der Waals surface area contributed by atoms with Crippen LogP contribution in [0.5, 0.6) is 0 Å². The van der Waals surface area contributed by atoms with Gasteiger partial charge in [-0.1, -0.05) is 12.1 Å². The van der Waals surface area contributed by atoms with Gasteiger partial charge in [0, 0.05) is 18.2 Å². The van der Waals surface area contributed by atoms with Crippen LogP contribution in [0.3, 0.4) is 0 Å². The Hall–Kier alpha value is -3.23. The minimum atomic E-state index is -1.09. The number of nitro groups is 1. The minimum absolute atomic E-state index is 0.0136. The highest BCUT2D eigenvalue weighted by atomic mass is 16.6. The summed E-state index contributed by atoms with van der Waals surface area (Å²) in [5, 5.41) is 15.9. The lowest BCUT2D eigenvalue weighted by Gasteiger charge is -2.25. The molecule has 1 aliphatic rings. The van der Waals surface area contributed by atoms with Gasteiger partial charge in [-0.15, -0.1) is 0 Å². The van der Waals surface area contributed by atoms with Gasteiger partial charge >= 0.3 is 5.97 Å². The summed E-state index contributed by atoms with van der Waals surface area (Å²) in [5.41, 5.74) is -0.0548. The van der Waals surface area contributed by atoms with Crippen molar-refractivity contribution in [2.24, 2.45) is 5.92 Å². The average molecular weight is 333 g/mol. The van der Waals surface area contributed by atoms with Crippen molar-refractivity contribution in [3.8, 4) is 0 Å². The zero-order valence-electron chi connectivity index (χ0n) is 13.0. The Labute approximate surface area is 136 Å². The molecule has 1 aromatic rings.